The zero-order valence-corrected chi connectivity index (χ0v) is 10.4. The van der Waals surface area contributed by atoms with Crippen LogP contribution in [-0.2, 0) is 19.4 Å². The minimum Gasteiger partial charge on any atom is -0.313 e. The van der Waals surface area contributed by atoms with Gasteiger partial charge in [0.2, 0.25) is 0 Å². The molecule has 0 bridgehead atoms. The molecule has 0 aromatic rings. The van der Waals surface area contributed by atoms with Crippen molar-refractivity contribution in [3.63, 3.8) is 0 Å². The minimum absolute atomic E-state index is 0.840. The highest BCUT2D eigenvalue weighted by molar-refractivity contribution is 4.77. The van der Waals surface area contributed by atoms with Crippen LogP contribution in [0.2, 0.25) is 0 Å². The van der Waals surface area contributed by atoms with Gasteiger partial charge in [0, 0.05) is 0 Å². The first-order valence-electron chi connectivity index (χ1n) is 4.70. The summed E-state index contributed by atoms with van der Waals surface area (Å²) in [6, 6.07) is 0. The van der Waals surface area contributed by atoms with Crippen molar-refractivity contribution in [2.45, 2.75) is 19.8 Å². The van der Waals surface area contributed by atoms with E-state index in [2.05, 4.69) is 19.4 Å². The van der Waals surface area contributed by atoms with Gasteiger partial charge in [-0.1, -0.05) is 13.8 Å². The van der Waals surface area contributed by atoms with Crippen molar-refractivity contribution in [2.75, 3.05) is 6.61 Å². The van der Waals surface area contributed by atoms with Crippen LogP contribution in [0.5, 0.6) is 0 Å². The maximum absolute atomic E-state index is 10.4. The molecule has 0 atom stereocenters. The van der Waals surface area contributed by atoms with Gasteiger partial charge in [0.25, 0.3) is 20.3 Å². The normalized spacial score (nSPS) is 11.1. The minimum atomic E-state index is -3.53. The SMILES string of the molecule is CC(C)(CO[N+](=O)[O-])C(O[N+](=O)[O-])(O[N+](=O)[O-])O[N+](=O)[O-]. The molecule has 120 valence electrons. The summed E-state index contributed by atoms with van der Waals surface area (Å²) < 4.78 is 0. The summed E-state index contributed by atoms with van der Waals surface area (Å²) in [5.41, 5.74) is -2.22. The van der Waals surface area contributed by atoms with Crippen molar-refractivity contribution < 1.29 is 39.7 Å². The Hall–Kier alpha value is -3.20. The van der Waals surface area contributed by atoms with Crippen LogP contribution < -0.4 is 0 Å². The van der Waals surface area contributed by atoms with Crippen molar-refractivity contribution in [3.8, 4) is 0 Å². The molecule has 16 heteroatoms. The maximum Gasteiger partial charge on any atom is 0.414 e. The maximum atomic E-state index is 10.4. The van der Waals surface area contributed by atoms with Crippen LogP contribution in [0.15, 0.2) is 0 Å². The van der Waals surface area contributed by atoms with Gasteiger partial charge >= 0.3 is 5.97 Å². The van der Waals surface area contributed by atoms with Crippen LogP contribution in [-0.4, -0.2) is 32.9 Å². The molecule has 16 nitrogen and oxygen atoms in total. The molecule has 21 heavy (non-hydrogen) atoms. The molecule has 0 saturated carbocycles. The van der Waals surface area contributed by atoms with Gasteiger partial charge in [-0.2, -0.15) is 0 Å². The molecule has 0 fully saturated rings. The summed E-state index contributed by atoms with van der Waals surface area (Å²) in [5, 5.41) is 34.9. The van der Waals surface area contributed by atoms with E-state index < -0.39 is 38.3 Å². The molecule has 0 N–H and O–H groups in total. The number of rotatable bonds is 10. The Kier molecular flexibility index (Phi) is 5.34. The first kappa shape index (κ1) is 17.8. The molecular weight excluding hydrogens is 308 g/mol. The zero-order chi connectivity index (χ0) is 16.8. The lowest BCUT2D eigenvalue weighted by atomic mass is 9.91. The second-order valence-electron chi connectivity index (χ2n) is 3.88. The zero-order valence-electron chi connectivity index (χ0n) is 10.4. The van der Waals surface area contributed by atoms with E-state index in [1.165, 1.54) is 0 Å². The third kappa shape index (κ3) is 5.12. The predicted octanol–water partition coefficient (Wildman–Crippen LogP) is -0.500. The quantitative estimate of drug-likeness (QED) is 0.283. The van der Waals surface area contributed by atoms with Crippen LogP contribution in [0, 0.1) is 45.9 Å². The van der Waals surface area contributed by atoms with Gasteiger partial charge in [-0.15, -0.1) is 40.5 Å². The molecule has 0 aliphatic rings. The van der Waals surface area contributed by atoms with Crippen molar-refractivity contribution in [3.05, 3.63) is 40.5 Å². The van der Waals surface area contributed by atoms with Crippen LogP contribution in [0.1, 0.15) is 13.8 Å². The van der Waals surface area contributed by atoms with Gasteiger partial charge in [-0.25, -0.2) is 14.5 Å². The van der Waals surface area contributed by atoms with Crippen LogP contribution in [0.4, 0.5) is 0 Å². The second-order valence-corrected chi connectivity index (χ2v) is 3.88. The first-order valence-corrected chi connectivity index (χ1v) is 4.70. The monoisotopic (exact) mass is 316 g/mol. The van der Waals surface area contributed by atoms with Crippen molar-refractivity contribution in [1.82, 2.24) is 0 Å². The molecule has 0 aliphatic carbocycles. The van der Waals surface area contributed by atoms with Crippen LogP contribution >= 0.6 is 0 Å². The third-order valence-electron chi connectivity index (χ3n) is 1.94. The van der Waals surface area contributed by atoms with Gasteiger partial charge in [0.05, 0.1) is 5.41 Å². The molecule has 0 aromatic carbocycles. The first-order chi connectivity index (χ1) is 9.42. The van der Waals surface area contributed by atoms with Crippen molar-refractivity contribution in [1.29, 1.82) is 0 Å². The molecule has 0 radical (unpaired) electrons. The fourth-order valence-corrected chi connectivity index (χ4v) is 1.02. The third-order valence-corrected chi connectivity index (χ3v) is 1.94. The Labute approximate surface area is 113 Å². The summed E-state index contributed by atoms with van der Waals surface area (Å²) in [5.74, 6) is -3.53. The average Bonchev–Trinajstić information content (AvgIpc) is 2.23. The molecular formula is C5H8N4O12. The Morgan fingerprint density at radius 3 is 1.33 bits per heavy atom. The lowest BCUT2D eigenvalue weighted by Crippen LogP contribution is -2.57. The van der Waals surface area contributed by atoms with E-state index in [1.807, 2.05) is 0 Å². The highest BCUT2D eigenvalue weighted by Crippen LogP contribution is 2.37. The molecule has 0 aliphatic heterocycles. The summed E-state index contributed by atoms with van der Waals surface area (Å²) in [6.45, 7) is 0.565. The largest absolute Gasteiger partial charge is 0.414 e. The van der Waals surface area contributed by atoms with E-state index in [0.717, 1.165) is 13.8 Å². The molecule has 0 rings (SSSR count). The summed E-state index contributed by atoms with van der Waals surface area (Å²) >= 11 is 0. The van der Waals surface area contributed by atoms with Gasteiger partial charge in [-0.3, -0.25) is 0 Å². The van der Waals surface area contributed by atoms with Crippen molar-refractivity contribution >= 4 is 0 Å². The average molecular weight is 316 g/mol. The van der Waals surface area contributed by atoms with Gasteiger partial charge < -0.3 is 4.84 Å². The fourth-order valence-electron chi connectivity index (χ4n) is 1.02. The molecule has 0 saturated heterocycles. The van der Waals surface area contributed by atoms with E-state index in [0.29, 0.717) is 0 Å². The Morgan fingerprint density at radius 2 is 1.10 bits per heavy atom. The smallest absolute Gasteiger partial charge is 0.313 e. The van der Waals surface area contributed by atoms with E-state index >= 15 is 0 Å². The van der Waals surface area contributed by atoms with Crippen LogP contribution in [0.25, 0.3) is 0 Å². The Bertz CT molecular complexity index is 406. The molecule has 0 aromatic heterocycles. The Morgan fingerprint density at radius 1 is 0.762 bits per heavy atom. The lowest BCUT2D eigenvalue weighted by Gasteiger charge is -2.38. The van der Waals surface area contributed by atoms with E-state index in [9.17, 15) is 40.5 Å². The van der Waals surface area contributed by atoms with E-state index in [-0.39, 0.29) is 0 Å². The Balaban J connectivity index is 5.67. The van der Waals surface area contributed by atoms with Crippen molar-refractivity contribution in [2.24, 2.45) is 5.41 Å². The standard InChI is InChI=1S/C5H8N4O12/c1-4(2,3-18-6(10)11)5(19-7(12)13,20-8(14)15)21-9(16)17/h3H2,1-2H3. The number of hydrogen-bond donors (Lipinski definition) is 0. The summed E-state index contributed by atoms with van der Waals surface area (Å²) in [6.07, 6.45) is 0. The fraction of sp³-hybridized carbons (Fsp3) is 1.00. The predicted molar refractivity (Wildman–Crippen MR) is 53.7 cm³/mol. The van der Waals surface area contributed by atoms with E-state index in [1.54, 1.807) is 0 Å². The summed E-state index contributed by atoms with van der Waals surface area (Å²) in [7, 11) is 0. The second kappa shape index (κ2) is 6.30. The highest BCUT2D eigenvalue weighted by Gasteiger charge is 2.57. The van der Waals surface area contributed by atoms with Gasteiger partial charge in [0.1, 0.15) is 6.61 Å². The lowest BCUT2D eigenvalue weighted by molar-refractivity contribution is -0.964. The highest BCUT2D eigenvalue weighted by atomic mass is 17.2. The van der Waals surface area contributed by atoms with Gasteiger partial charge in [-0.05, 0) is 0 Å². The number of hydrogen-bond acceptors (Lipinski definition) is 12. The van der Waals surface area contributed by atoms with Gasteiger partial charge in [0.15, 0.2) is 0 Å². The topological polar surface area (TPSA) is 209 Å². The number of nitrogens with zero attached hydrogens (tertiary/aromatic N) is 4. The molecule has 0 heterocycles. The molecule has 0 amide bonds. The summed E-state index contributed by atoms with van der Waals surface area (Å²) in [4.78, 5) is 56.3. The molecule has 0 spiro atoms. The van der Waals surface area contributed by atoms with E-state index in [4.69, 9.17) is 0 Å². The van der Waals surface area contributed by atoms with Crippen LogP contribution in [0.3, 0.4) is 0 Å². The molecule has 0 unspecified atom stereocenters.